The summed E-state index contributed by atoms with van der Waals surface area (Å²) in [6, 6.07) is 2.60. The van der Waals surface area contributed by atoms with E-state index in [1.54, 1.807) is 9.80 Å². The number of hydrogen-bond donors (Lipinski definition) is 0. The van der Waals surface area contributed by atoms with Gasteiger partial charge in [-0.25, -0.2) is 0 Å². The molecule has 1 saturated carbocycles. The number of nitro benzene ring substituents is 1. The second-order valence-electron chi connectivity index (χ2n) is 8.22. The van der Waals surface area contributed by atoms with Crippen molar-refractivity contribution in [3.8, 4) is 0 Å². The summed E-state index contributed by atoms with van der Waals surface area (Å²) in [6.45, 7) is 1.56. The number of halogens is 3. The third-order valence-electron chi connectivity index (χ3n) is 6.20. The maximum atomic E-state index is 12.9. The number of amides is 1. The summed E-state index contributed by atoms with van der Waals surface area (Å²) >= 11 is 0. The number of piperazine rings is 1. The molecule has 1 heterocycles. The summed E-state index contributed by atoms with van der Waals surface area (Å²) in [7, 11) is 0. The molecule has 30 heavy (non-hydrogen) atoms. The Labute approximate surface area is 174 Å². The Morgan fingerprint density at radius 2 is 1.77 bits per heavy atom. The standard InChI is InChI=1S/C21H28F3N3O3/c22-21(23,24)17-9-10-18(19(15-17)27(29)30)25-11-13-26(14-12-25)20(28)8-4-7-16-5-2-1-3-6-16/h9-10,15-16H,1-8,11-14H2. The highest BCUT2D eigenvalue weighted by Crippen LogP contribution is 2.37. The molecule has 3 rings (SSSR count). The van der Waals surface area contributed by atoms with Crippen molar-refractivity contribution >= 4 is 17.3 Å². The molecular weight excluding hydrogens is 399 g/mol. The minimum absolute atomic E-state index is 0.0902. The predicted molar refractivity (Wildman–Crippen MR) is 107 cm³/mol. The van der Waals surface area contributed by atoms with Crippen LogP contribution >= 0.6 is 0 Å². The van der Waals surface area contributed by atoms with E-state index in [2.05, 4.69) is 0 Å². The zero-order chi connectivity index (χ0) is 21.7. The van der Waals surface area contributed by atoms with Gasteiger partial charge in [0.2, 0.25) is 5.91 Å². The monoisotopic (exact) mass is 427 g/mol. The lowest BCUT2D eigenvalue weighted by Gasteiger charge is -2.36. The summed E-state index contributed by atoms with van der Waals surface area (Å²) in [6.07, 6.45) is 4.27. The molecule has 0 spiro atoms. The maximum absolute atomic E-state index is 12.9. The first-order valence-electron chi connectivity index (χ1n) is 10.6. The van der Waals surface area contributed by atoms with E-state index in [4.69, 9.17) is 0 Å². The molecule has 0 bridgehead atoms. The number of benzene rings is 1. The first-order chi connectivity index (χ1) is 14.3. The number of carbonyl (C=O) groups excluding carboxylic acids is 1. The van der Waals surface area contributed by atoms with Crippen molar-refractivity contribution < 1.29 is 22.9 Å². The third-order valence-corrected chi connectivity index (χ3v) is 6.20. The predicted octanol–water partition coefficient (Wildman–Crippen LogP) is 5.01. The lowest BCUT2D eigenvalue weighted by Crippen LogP contribution is -2.48. The van der Waals surface area contributed by atoms with Crippen LogP contribution < -0.4 is 4.90 Å². The number of carbonyl (C=O) groups is 1. The fraction of sp³-hybridized carbons (Fsp3) is 0.667. The van der Waals surface area contributed by atoms with E-state index in [0.717, 1.165) is 30.9 Å². The topological polar surface area (TPSA) is 66.7 Å². The number of nitrogens with zero attached hydrogens (tertiary/aromatic N) is 3. The number of rotatable bonds is 6. The van der Waals surface area contributed by atoms with Crippen LogP contribution in [0.3, 0.4) is 0 Å². The van der Waals surface area contributed by atoms with Gasteiger partial charge < -0.3 is 9.80 Å². The molecule has 1 aliphatic carbocycles. The van der Waals surface area contributed by atoms with Gasteiger partial charge in [0.1, 0.15) is 5.69 Å². The van der Waals surface area contributed by atoms with Gasteiger partial charge in [-0.05, 0) is 30.9 Å². The van der Waals surface area contributed by atoms with Crippen LogP contribution in [0, 0.1) is 16.0 Å². The van der Waals surface area contributed by atoms with E-state index < -0.39 is 22.4 Å². The smallest absolute Gasteiger partial charge is 0.362 e. The van der Waals surface area contributed by atoms with Crippen LogP contribution in [0.15, 0.2) is 18.2 Å². The zero-order valence-corrected chi connectivity index (χ0v) is 17.0. The fourth-order valence-electron chi connectivity index (χ4n) is 4.49. The first kappa shape index (κ1) is 22.4. The number of alkyl halides is 3. The van der Waals surface area contributed by atoms with Gasteiger partial charge in [-0.3, -0.25) is 14.9 Å². The minimum Gasteiger partial charge on any atom is -0.362 e. The van der Waals surface area contributed by atoms with Crippen LogP contribution in [0.4, 0.5) is 24.5 Å². The van der Waals surface area contributed by atoms with E-state index in [0.29, 0.717) is 38.7 Å². The Bertz CT molecular complexity index is 756. The quantitative estimate of drug-likeness (QED) is 0.473. The Kier molecular flexibility index (Phi) is 7.20. The third kappa shape index (κ3) is 5.64. The van der Waals surface area contributed by atoms with Crippen molar-refractivity contribution in [3.63, 3.8) is 0 Å². The molecule has 1 saturated heterocycles. The van der Waals surface area contributed by atoms with Crippen molar-refractivity contribution in [2.45, 2.75) is 57.5 Å². The van der Waals surface area contributed by atoms with Crippen LogP contribution in [0.5, 0.6) is 0 Å². The number of hydrogen-bond acceptors (Lipinski definition) is 4. The maximum Gasteiger partial charge on any atom is 0.416 e. The van der Waals surface area contributed by atoms with Crippen LogP contribution in [-0.4, -0.2) is 41.9 Å². The van der Waals surface area contributed by atoms with E-state index in [9.17, 15) is 28.1 Å². The molecule has 2 fully saturated rings. The highest BCUT2D eigenvalue weighted by Gasteiger charge is 2.34. The van der Waals surface area contributed by atoms with E-state index in [1.807, 2.05) is 0 Å². The van der Waals surface area contributed by atoms with E-state index in [-0.39, 0.29) is 11.6 Å². The first-order valence-corrected chi connectivity index (χ1v) is 10.6. The lowest BCUT2D eigenvalue weighted by atomic mass is 9.86. The Morgan fingerprint density at radius 3 is 2.37 bits per heavy atom. The van der Waals surface area contributed by atoms with Crippen molar-refractivity contribution in [2.24, 2.45) is 5.92 Å². The van der Waals surface area contributed by atoms with Gasteiger partial charge in [0.15, 0.2) is 0 Å². The SMILES string of the molecule is O=C(CCCC1CCCCC1)N1CCN(c2ccc(C(F)(F)F)cc2[N+](=O)[O-])CC1. The lowest BCUT2D eigenvalue weighted by molar-refractivity contribution is -0.384. The van der Waals surface area contributed by atoms with Gasteiger partial charge in [-0.15, -0.1) is 0 Å². The van der Waals surface area contributed by atoms with Crippen molar-refractivity contribution in [3.05, 3.63) is 33.9 Å². The van der Waals surface area contributed by atoms with Crippen LogP contribution in [-0.2, 0) is 11.0 Å². The average molecular weight is 427 g/mol. The van der Waals surface area contributed by atoms with Crippen LogP contribution in [0.2, 0.25) is 0 Å². The largest absolute Gasteiger partial charge is 0.416 e. The Balaban J connectivity index is 1.53. The van der Waals surface area contributed by atoms with Crippen LogP contribution in [0.1, 0.15) is 56.9 Å². The highest BCUT2D eigenvalue weighted by atomic mass is 19.4. The second kappa shape index (κ2) is 9.66. The van der Waals surface area contributed by atoms with Gasteiger partial charge >= 0.3 is 6.18 Å². The summed E-state index contributed by atoms with van der Waals surface area (Å²) in [5, 5.41) is 11.3. The molecule has 2 aliphatic rings. The van der Waals surface area contributed by atoms with Crippen molar-refractivity contribution in [1.82, 2.24) is 4.90 Å². The molecule has 9 heteroatoms. The summed E-state index contributed by atoms with van der Waals surface area (Å²) in [4.78, 5) is 26.5. The molecule has 166 valence electrons. The zero-order valence-electron chi connectivity index (χ0n) is 17.0. The van der Waals surface area contributed by atoms with Gasteiger partial charge in [-0.1, -0.05) is 32.1 Å². The van der Waals surface area contributed by atoms with Crippen LogP contribution in [0.25, 0.3) is 0 Å². The number of anilines is 1. The minimum atomic E-state index is -4.63. The molecule has 0 atom stereocenters. The van der Waals surface area contributed by atoms with Gasteiger partial charge in [0.25, 0.3) is 5.69 Å². The summed E-state index contributed by atoms with van der Waals surface area (Å²) in [5.41, 5.74) is -1.43. The molecule has 1 aliphatic heterocycles. The molecule has 1 aromatic carbocycles. The Morgan fingerprint density at radius 1 is 1.10 bits per heavy atom. The molecule has 6 nitrogen and oxygen atoms in total. The summed E-state index contributed by atoms with van der Waals surface area (Å²) < 4.78 is 38.7. The molecule has 0 aromatic heterocycles. The molecule has 1 aromatic rings. The van der Waals surface area contributed by atoms with E-state index >= 15 is 0 Å². The highest BCUT2D eigenvalue weighted by molar-refractivity contribution is 5.76. The Hall–Kier alpha value is -2.32. The van der Waals surface area contributed by atoms with Crippen molar-refractivity contribution in [2.75, 3.05) is 31.1 Å². The van der Waals surface area contributed by atoms with E-state index in [1.165, 1.54) is 32.1 Å². The van der Waals surface area contributed by atoms with Gasteiger partial charge in [0.05, 0.1) is 10.5 Å². The van der Waals surface area contributed by atoms with Gasteiger partial charge in [0, 0.05) is 38.7 Å². The molecule has 1 amide bonds. The molecule has 0 N–H and O–H groups in total. The van der Waals surface area contributed by atoms with Crippen molar-refractivity contribution in [1.29, 1.82) is 0 Å². The molecule has 0 unspecified atom stereocenters. The van der Waals surface area contributed by atoms with Gasteiger partial charge in [-0.2, -0.15) is 13.2 Å². The molecular formula is C21H28F3N3O3. The fourth-order valence-corrected chi connectivity index (χ4v) is 4.49. The normalized spacial score (nSPS) is 18.5. The average Bonchev–Trinajstić information content (AvgIpc) is 2.73. The number of nitro groups is 1. The molecule has 0 radical (unpaired) electrons. The second-order valence-corrected chi connectivity index (χ2v) is 8.22. The summed E-state index contributed by atoms with van der Waals surface area (Å²) in [5.74, 6) is 0.830.